The number of piperidine rings is 1. The molecule has 0 aromatic carbocycles. The standard InChI is InChI=1S/C12H24N2O/c1-14-6-2-3-12(10-14)13-9-11-4-7-15-8-5-11/h11-13H,2-10H2,1H3. The summed E-state index contributed by atoms with van der Waals surface area (Å²) in [6, 6.07) is 0.728. The number of nitrogens with zero attached hydrogens (tertiary/aromatic N) is 1. The summed E-state index contributed by atoms with van der Waals surface area (Å²) >= 11 is 0. The van der Waals surface area contributed by atoms with Gasteiger partial charge in [0, 0.05) is 25.8 Å². The van der Waals surface area contributed by atoms with Crippen LogP contribution in [0.2, 0.25) is 0 Å². The predicted molar refractivity (Wildman–Crippen MR) is 62.1 cm³/mol. The first-order chi connectivity index (χ1) is 7.34. The zero-order valence-electron chi connectivity index (χ0n) is 9.87. The number of likely N-dealkylation sites (tertiary alicyclic amines) is 1. The van der Waals surface area contributed by atoms with Crippen molar-refractivity contribution in [3.8, 4) is 0 Å². The number of likely N-dealkylation sites (N-methyl/N-ethyl adjacent to an activating group) is 1. The number of ether oxygens (including phenoxy) is 1. The minimum atomic E-state index is 0.728. The second-order valence-corrected chi connectivity index (χ2v) is 5.07. The Kier molecular flexibility index (Phi) is 4.42. The van der Waals surface area contributed by atoms with Gasteiger partial charge in [0.2, 0.25) is 0 Å². The Labute approximate surface area is 93.2 Å². The van der Waals surface area contributed by atoms with Crippen molar-refractivity contribution >= 4 is 0 Å². The molecule has 0 radical (unpaired) electrons. The molecule has 3 heteroatoms. The van der Waals surface area contributed by atoms with Gasteiger partial charge in [0.25, 0.3) is 0 Å². The zero-order valence-corrected chi connectivity index (χ0v) is 9.87. The monoisotopic (exact) mass is 212 g/mol. The molecule has 1 unspecified atom stereocenters. The molecule has 2 saturated heterocycles. The van der Waals surface area contributed by atoms with E-state index in [0.29, 0.717) is 0 Å². The fraction of sp³-hybridized carbons (Fsp3) is 1.00. The molecule has 0 aliphatic carbocycles. The van der Waals surface area contributed by atoms with E-state index in [-0.39, 0.29) is 0 Å². The molecule has 2 fully saturated rings. The molecule has 1 atom stereocenters. The van der Waals surface area contributed by atoms with E-state index < -0.39 is 0 Å². The van der Waals surface area contributed by atoms with Crippen LogP contribution in [0.4, 0.5) is 0 Å². The molecule has 2 aliphatic rings. The lowest BCUT2D eigenvalue weighted by molar-refractivity contribution is 0.0643. The van der Waals surface area contributed by atoms with Crippen LogP contribution in [0.1, 0.15) is 25.7 Å². The first-order valence-corrected chi connectivity index (χ1v) is 6.34. The lowest BCUT2D eigenvalue weighted by Crippen LogP contribution is -2.45. The molecule has 0 aromatic rings. The van der Waals surface area contributed by atoms with Crippen LogP contribution in [0.25, 0.3) is 0 Å². The maximum absolute atomic E-state index is 5.37. The Morgan fingerprint density at radius 2 is 2.07 bits per heavy atom. The second kappa shape index (κ2) is 5.83. The van der Waals surface area contributed by atoms with E-state index in [2.05, 4.69) is 17.3 Å². The maximum atomic E-state index is 5.37. The van der Waals surface area contributed by atoms with Crippen LogP contribution in [0, 0.1) is 5.92 Å². The summed E-state index contributed by atoms with van der Waals surface area (Å²) in [6.07, 6.45) is 5.20. The highest BCUT2D eigenvalue weighted by atomic mass is 16.5. The van der Waals surface area contributed by atoms with E-state index in [1.165, 1.54) is 45.3 Å². The van der Waals surface area contributed by atoms with Crippen molar-refractivity contribution in [2.45, 2.75) is 31.7 Å². The summed E-state index contributed by atoms with van der Waals surface area (Å²) < 4.78 is 5.37. The van der Waals surface area contributed by atoms with Crippen LogP contribution in [-0.2, 0) is 4.74 Å². The van der Waals surface area contributed by atoms with Crippen LogP contribution < -0.4 is 5.32 Å². The third-order valence-corrected chi connectivity index (χ3v) is 3.66. The topological polar surface area (TPSA) is 24.5 Å². The Bertz CT molecular complexity index is 180. The Balaban J connectivity index is 1.63. The van der Waals surface area contributed by atoms with Crippen LogP contribution in [0.15, 0.2) is 0 Å². The smallest absolute Gasteiger partial charge is 0.0469 e. The van der Waals surface area contributed by atoms with Gasteiger partial charge in [-0.3, -0.25) is 0 Å². The van der Waals surface area contributed by atoms with E-state index in [1.54, 1.807) is 0 Å². The molecule has 0 aromatic heterocycles. The van der Waals surface area contributed by atoms with Crippen molar-refractivity contribution in [3.63, 3.8) is 0 Å². The first kappa shape index (κ1) is 11.4. The molecule has 2 heterocycles. The van der Waals surface area contributed by atoms with Crippen molar-refractivity contribution < 1.29 is 4.74 Å². The molecule has 0 amide bonds. The van der Waals surface area contributed by atoms with Gasteiger partial charge in [0.05, 0.1) is 0 Å². The Morgan fingerprint density at radius 3 is 2.80 bits per heavy atom. The minimum Gasteiger partial charge on any atom is -0.381 e. The third-order valence-electron chi connectivity index (χ3n) is 3.66. The largest absolute Gasteiger partial charge is 0.381 e. The fourth-order valence-corrected chi connectivity index (χ4v) is 2.62. The van der Waals surface area contributed by atoms with Crippen molar-refractivity contribution in [2.24, 2.45) is 5.92 Å². The average molecular weight is 212 g/mol. The van der Waals surface area contributed by atoms with Crippen molar-refractivity contribution in [1.29, 1.82) is 0 Å². The molecule has 15 heavy (non-hydrogen) atoms. The van der Waals surface area contributed by atoms with E-state index in [1.807, 2.05) is 0 Å². The third kappa shape index (κ3) is 3.74. The summed E-state index contributed by atoms with van der Waals surface area (Å²) in [7, 11) is 2.22. The van der Waals surface area contributed by atoms with E-state index in [9.17, 15) is 0 Å². The second-order valence-electron chi connectivity index (χ2n) is 5.07. The highest BCUT2D eigenvalue weighted by Crippen LogP contribution is 2.15. The van der Waals surface area contributed by atoms with Crippen molar-refractivity contribution in [3.05, 3.63) is 0 Å². The van der Waals surface area contributed by atoms with Crippen molar-refractivity contribution in [1.82, 2.24) is 10.2 Å². The first-order valence-electron chi connectivity index (χ1n) is 6.34. The highest BCUT2D eigenvalue weighted by Gasteiger charge is 2.19. The minimum absolute atomic E-state index is 0.728. The van der Waals surface area contributed by atoms with Gasteiger partial charge < -0.3 is 15.0 Å². The summed E-state index contributed by atoms with van der Waals surface area (Å²) in [6.45, 7) is 5.63. The molecule has 2 aliphatic heterocycles. The zero-order chi connectivity index (χ0) is 10.5. The Hall–Kier alpha value is -0.120. The van der Waals surface area contributed by atoms with Crippen LogP contribution >= 0.6 is 0 Å². The lowest BCUT2D eigenvalue weighted by Gasteiger charge is -2.32. The normalized spacial score (nSPS) is 30.6. The molecule has 2 rings (SSSR count). The van der Waals surface area contributed by atoms with Gasteiger partial charge in [-0.1, -0.05) is 0 Å². The van der Waals surface area contributed by atoms with Crippen LogP contribution in [-0.4, -0.2) is 50.8 Å². The number of hydrogen-bond acceptors (Lipinski definition) is 3. The summed E-state index contributed by atoms with van der Waals surface area (Å²) in [5, 5.41) is 3.72. The molecule has 88 valence electrons. The van der Waals surface area contributed by atoms with E-state index >= 15 is 0 Å². The summed E-state index contributed by atoms with van der Waals surface area (Å²) in [5.74, 6) is 0.853. The van der Waals surface area contributed by atoms with Gasteiger partial charge in [0.1, 0.15) is 0 Å². The van der Waals surface area contributed by atoms with Gasteiger partial charge >= 0.3 is 0 Å². The van der Waals surface area contributed by atoms with Crippen LogP contribution in [0.5, 0.6) is 0 Å². The van der Waals surface area contributed by atoms with Gasteiger partial charge in [-0.25, -0.2) is 0 Å². The average Bonchev–Trinajstić information content (AvgIpc) is 2.28. The number of nitrogens with one attached hydrogen (secondary N) is 1. The molecular weight excluding hydrogens is 188 g/mol. The van der Waals surface area contributed by atoms with E-state index in [4.69, 9.17) is 4.74 Å². The van der Waals surface area contributed by atoms with Crippen LogP contribution in [0.3, 0.4) is 0 Å². The molecule has 3 nitrogen and oxygen atoms in total. The molecular formula is C12H24N2O. The lowest BCUT2D eigenvalue weighted by atomic mass is 9.99. The molecule has 0 spiro atoms. The molecule has 0 saturated carbocycles. The maximum Gasteiger partial charge on any atom is 0.0469 e. The highest BCUT2D eigenvalue weighted by molar-refractivity contribution is 4.78. The van der Waals surface area contributed by atoms with Gasteiger partial charge in [-0.05, 0) is 51.7 Å². The Morgan fingerprint density at radius 1 is 1.27 bits per heavy atom. The van der Waals surface area contributed by atoms with E-state index in [0.717, 1.165) is 25.2 Å². The number of hydrogen-bond donors (Lipinski definition) is 1. The summed E-state index contributed by atoms with van der Waals surface area (Å²) in [5.41, 5.74) is 0. The van der Waals surface area contributed by atoms with Crippen molar-refractivity contribution in [2.75, 3.05) is 39.9 Å². The van der Waals surface area contributed by atoms with Gasteiger partial charge in [0.15, 0.2) is 0 Å². The number of rotatable bonds is 3. The van der Waals surface area contributed by atoms with Gasteiger partial charge in [-0.15, -0.1) is 0 Å². The molecule has 1 N–H and O–H groups in total. The summed E-state index contributed by atoms with van der Waals surface area (Å²) in [4.78, 5) is 2.44. The molecule has 0 bridgehead atoms. The predicted octanol–water partition coefficient (Wildman–Crippen LogP) is 1.10. The fourth-order valence-electron chi connectivity index (χ4n) is 2.62. The quantitative estimate of drug-likeness (QED) is 0.758. The SMILES string of the molecule is CN1CCCC(NCC2CCOCC2)C1. The van der Waals surface area contributed by atoms with Gasteiger partial charge in [-0.2, -0.15) is 0 Å².